The Labute approximate surface area is 108 Å². The number of Topliss-reactive ketones (excluding diaryl/α,β-unsaturated/α-hetero) is 1. The summed E-state index contributed by atoms with van der Waals surface area (Å²) in [5.74, 6) is -2.01. The van der Waals surface area contributed by atoms with Crippen LogP contribution in [-0.2, 0) is 0 Å². The van der Waals surface area contributed by atoms with E-state index in [0.29, 0.717) is 35.8 Å². The van der Waals surface area contributed by atoms with Crippen molar-refractivity contribution >= 4 is 5.78 Å². The molecular formula is C15H13F3O. The first-order valence-electron chi connectivity index (χ1n) is 6.76. The van der Waals surface area contributed by atoms with Crippen LogP contribution in [0.15, 0.2) is 12.1 Å². The lowest BCUT2D eigenvalue weighted by Crippen LogP contribution is -2.14. The minimum Gasteiger partial charge on any atom is -0.294 e. The third-order valence-corrected chi connectivity index (χ3v) is 5.29. The summed E-state index contributed by atoms with van der Waals surface area (Å²) in [6.45, 7) is 0. The van der Waals surface area contributed by atoms with Crippen LogP contribution in [0.1, 0.15) is 29.6 Å². The third kappa shape index (κ3) is 1.46. The molecule has 4 unspecified atom stereocenters. The molecule has 1 aromatic rings. The van der Waals surface area contributed by atoms with Gasteiger partial charge in [-0.05, 0) is 42.9 Å². The number of rotatable bonds is 2. The summed E-state index contributed by atoms with van der Waals surface area (Å²) >= 11 is 0. The number of carbonyl (C=O) groups is 1. The molecule has 4 rings (SSSR count). The van der Waals surface area contributed by atoms with E-state index in [9.17, 15) is 18.0 Å². The minimum atomic E-state index is -1.07. The van der Waals surface area contributed by atoms with Crippen molar-refractivity contribution in [3.63, 3.8) is 0 Å². The summed E-state index contributed by atoms with van der Waals surface area (Å²) in [5.41, 5.74) is -0.541. The van der Waals surface area contributed by atoms with E-state index in [0.717, 1.165) is 12.8 Å². The molecule has 3 saturated carbocycles. The fourth-order valence-corrected chi connectivity index (χ4v) is 4.62. The van der Waals surface area contributed by atoms with Gasteiger partial charge in [-0.3, -0.25) is 4.79 Å². The fraction of sp³-hybridized carbons (Fsp3) is 0.533. The molecule has 0 N–H and O–H groups in total. The molecule has 0 heterocycles. The summed E-state index contributed by atoms with van der Waals surface area (Å²) in [6, 6.07) is 1.17. The van der Waals surface area contributed by atoms with Crippen molar-refractivity contribution in [2.24, 2.45) is 29.6 Å². The number of halogens is 3. The van der Waals surface area contributed by atoms with Crippen molar-refractivity contribution < 1.29 is 18.0 Å². The largest absolute Gasteiger partial charge is 0.294 e. The van der Waals surface area contributed by atoms with Gasteiger partial charge < -0.3 is 0 Å². The lowest BCUT2D eigenvalue weighted by atomic mass is 9.95. The Morgan fingerprint density at radius 1 is 1.00 bits per heavy atom. The van der Waals surface area contributed by atoms with Gasteiger partial charge >= 0.3 is 0 Å². The predicted molar refractivity (Wildman–Crippen MR) is 61.9 cm³/mol. The second kappa shape index (κ2) is 3.62. The van der Waals surface area contributed by atoms with Gasteiger partial charge in [0.1, 0.15) is 17.5 Å². The molecule has 3 aliphatic carbocycles. The van der Waals surface area contributed by atoms with E-state index in [1.54, 1.807) is 0 Å². The van der Waals surface area contributed by atoms with Gasteiger partial charge in [-0.1, -0.05) is 0 Å². The maximum atomic E-state index is 13.6. The summed E-state index contributed by atoms with van der Waals surface area (Å²) in [7, 11) is 0. The van der Waals surface area contributed by atoms with E-state index in [4.69, 9.17) is 0 Å². The van der Waals surface area contributed by atoms with Gasteiger partial charge in [-0.15, -0.1) is 0 Å². The number of carbonyl (C=O) groups excluding carboxylic acids is 1. The van der Waals surface area contributed by atoms with Crippen molar-refractivity contribution in [2.45, 2.75) is 19.3 Å². The van der Waals surface area contributed by atoms with Crippen LogP contribution < -0.4 is 0 Å². The number of hydrogen-bond donors (Lipinski definition) is 0. The molecule has 3 fully saturated rings. The predicted octanol–water partition coefficient (Wildman–Crippen LogP) is 3.58. The topological polar surface area (TPSA) is 17.1 Å². The lowest BCUT2D eigenvalue weighted by Gasteiger charge is -2.09. The highest BCUT2D eigenvalue weighted by Gasteiger charge is 2.67. The highest BCUT2D eigenvalue weighted by atomic mass is 19.1. The Balaban J connectivity index is 1.66. The van der Waals surface area contributed by atoms with Gasteiger partial charge in [0.2, 0.25) is 0 Å². The van der Waals surface area contributed by atoms with Crippen LogP contribution in [-0.4, -0.2) is 5.78 Å². The normalized spacial score (nSPS) is 38.4. The molecule has 100 valence electrons. The van der Waals surface area contributed by atoms with Gasteiger partial charge in [-0.2, -0.15) is 0 Å². The van der Waals surface area contributed by atoms with E-state index in [1.807, 2.05) is 0 Å². The van der Waals surface area contributed by atoms with Gasteiger partial charge in [0, 0.05) is 18.1 Å². The van der Waals surface area contributed by atoms with E-state index >= 15 is 0 Å². The molecule has 3 aliphatic rings. The molecule has 0 aromatic heterocycles. The van der Waals surface area contributed by atoms with E-state index in [-0.39, 0.29) is 5.92 Å². The molecule has 19 heavy (non-hydrogen) atoms. The first kappa shape index (κ1) is 11.5. The highest BCUT2D eigenvalue weighted by Crippen LogP contribution is 2.70. The smallest absolute Gasteiger partial charge is 0.172 e. The van der Waals surface area contributed by atoms with Gasteiger partial charge in [-0.25, -0.2) is 13.2 Å². The zero-order valence-corrected chi connectivity index (χ0v) is 10.2. The molecule has 4 heteroatoms. The second-order valence-corrected chi connectivity index (χ2v) is 6.12. The average molecular weight is 266 g/mol. The van der Waals surface area contributed by atoms with Crippen LogP contribution in [0.25, 0.3) is 0 Å². The molecule has 0 saturated heterocycles. The summed E-state index contributed by atoms with van der Waals surface area (Å²) in [5, 5.41) is 0. The Morgan fingerprint density at radius 2 is 1.53 bits per heavy atom. The maximum Gasteiger partial charge on any atom is 0.172 e. The van der Waals surface area contributed by atoms with E-state index in [2.05, 4.69) is 0 Å². The van der Waals surface area contributed by atoms with Crippen LogP contribution in [0.5, 0.6) is 0 Å². The van der Waals surface area contributed by atoms with E-state index in [1.165, 1.54) is 6.42 Å². The molecule has 0 amide bonds. The SMILES string of the molecule is O=C(c1c(F)cc(F)cc1F)C1C2C3CCC(C3)C12. The number of fused-ring (bicyclic) bond motifs is 5. The Bertz CT molecular complexity index is 544. The second-order valence-electron chi connectivity index (χ2n) is 6.12. The Hall–Kier alpha value is -1.32. The first-order chi connectivity index (χ1) is 9.08. The molecule has 0 spiro atoms. The summed E-state index contributed by atoms with van der Waals surface area (Å²) in [4.78, 5) is 12.3. The molecule has 1 aromatic carbocycles. The van der Waals surface area contributed by atoms with Crippen LogP contribution in [0, 0.1) is 47.0 Å². The van der Waals surface area contributed by atoms with Gasteiger partial charge in [0.15, 0.2) is 5.78 Å². The summed E-state index contributed by atoms with van der Waals surface area (Å²) in [6.07, 6.45) is 3.46. The van der Waals surface area contributed by atoms with Crippen molar-refractivity contribution in [3.8, 4) is 0 Å². The van der Waals surface area contributed by atoms with E-state index < -0.39 is 28.8 Å². The Morgan fingerprint density at radius 3 is 2.05 bits per heavy atom. The quantitative estimate of drug-likeness (QED) is 0.748. The van der Waals surface area contributed by atoms with Crippen LogP contribution in [0.3, 0.4) is 0 Å². The molecule has 0 aliphatic heterocycles. The Kier molecular flexibility index (Phi) is 2.19. The zero-order chi connectivity index (χ0) is 13.3. The molecule has 1 nitrogen and oxygen atoms in total. The number of hydrogen-bond acceptors (Lipinski definition) is 1. The van der Waals surface area contributed by atoms with Crippen molar-refractivity contribution in [1.82, 2.24) is 0 Å². The van der Waals surface area contributed by atoms with Crippen molar-refractivity contribution in [1.29, 1.82) is 0 Å². The first-order valence-corrected chi connectivity index (χ1v) is 6.76. The molecule has 2 bridgehead atoms. The minimum absolute atomic E-state index is 0.222. The lowest BCUT2D eigenvalue weighted by molar-refractivity contribution is 0.0936. The monoisotopic (exact) mass is 266 g/mol. The number of benzene rings is 1. The number of ketones is 1. The maximum absolute atomic E-state index is 13.6. The fourth-order valence-electron chi connectivity index (χ4n) is 4.62. The van der Waals surface area contributed by atoms with Crippen LogP contribution in [0.2, 0.25) is 0 Å². The van der Waals surface area contributed by atoms with Crippen molar-refractivity contribution in [2.75, 3.05) is 0 Å². The van der Waals surface area contributed by atoms with Crippen LogP contribution >= 0.6 is 0 Å². The molecular weight excluding hydrogens is 253 g/mol. The third-order valence-electron chi connectivity index (χ3n) is 5.29. The van der Waals surface area contributed by atoms with Crippen LogP contribution in [0.4, 0.5) is 13.2 Å². The zero-order valence-electron chi connectivity index (χ0n) is 10.2. The summed E-state index contributed by atoms with van der Waals surface area (Å²) < 4.78 is 40.1. The van der Waals surface area contributed by atoms with Gasteiger partial charge in [0.05, 0.1) is 5.56 Å². The highest BCUT2D eigenvalue weighted by molar-refractivity contribution is 6.00. The molecule has 4 atom stereocenters. The van der Waals surface area contributed by atoms with Gasteiger partial charge in [0.25, 0.3) is 0 Å². The average Bonchev–Trinajstić information content (AvgIpc) is 2.77. The molecule has 0 radical (unpaired) electrons. The standard InChI is InChI=1S/C15H13F3O/c16-8-4-9(17)13(10(18)5-8)15(19)14-11-6-1-2-7(3-6)12(11)14/h4-7,11-12,14H,1-3H2. The van der Waals surface area contributed by atoms with Crippen molar-refractivity contribution in [3.05, 3.63) is 35.1 Å².